The summed E-state index contributed by atoms with van der Waals surface area (Å²) in [5.74, 6) is 0.310. The Morgan fingerprint density at radius 1 is 1.78 bits per heavy atom. The second-order valence-electron chi connectivity index (χ2n) is 1.59. The minimum absolute atomic E-state index is 0.250. The summed E-state index contributed by atoms with van der Waals surface area (Å²) in [5.41, 5.74) is 0. The number of carbonyl (C=O) groups is 1. The van der Waals surface area contributed by atoms with Crippen LogP contribution in [0.2, 0.25) is 0 Å². The molecule has 0 unspecified atom stereocenters. The summed E-state index contributed by atoms with van der Waals surface area (Å²) in [5, 5.41) is 18.0. The highest BCUT2D eigenvalue weighted by atomic mass is 16.3. The lowest BCUT2D eigenvalue weighted by molar-refractivity contribution is -0.122. The lowest BCUT2D eigenvalue weighted by Gasteiger charge is -2.18. The molecule has 0 saturated carbocycles. The molecule has 2 N–H and O–H groups in total. The third-order valence-corrected chi connectivity index (χ3v) is 0.964. The van der Waals surface area contributed by atoms with Crippen LogP contribution in [-0.4, -0.2) is 24.7 Å². The smallest absolute Gasteiger partial charge is 0.290 e. The van der Waals surface area contributed by atoms with Crippen molar-refractivity contribution in [2.75, 3.05) is 13.1 Å². The van der Waals surface area contributed by atoms with Crippen LogP contribution >= 0.6 is 0 Å². The van der Waals surface area contributed by atoms with Gasteiger partial charge in [0.1, 0.15) is 0 Å². The van der Waals surface area contributed by atoms with Crippen LogP contribution in [0.15, 0.2) is 0 Å². The van der Waals surface area contributed by atoms with Gasteiger partial charge in [-0.1, -0.05) is 0 Å². The number of nitrogens with one attached hydrogen (secondary N) is 1. The van der Waals surface area contributed by atoms with Gasteiger partial charge in [0.15, 0.2) is 0 Å². The highest BCUT2D eigenvalue weighted by Crippen LogP contribution is 1.97. The SMILES string of the molecule is N#CC1CNC1.O=CO. The van der Waals surface area contributed by atoms with Crippen molar-refractivity contribution in [3.8, 4) is 6.07 Å². The summed E-state index contributed by atoms with van der Waals surface area (Å²) in [6.45, 7) is 1.55. The Labute approximate surface area is 53.1 Å². The molecular weight excluding hydrogens is 120 g/mol. The van der Waals surface area contributed by atoms with Crippen LogP contribution < -0.4 is 5.32 Å². The second kappa shape index (κ2) is 5.06. The Morgan fingerprint density at radius 2 is 2.22 bits per heavy atom. The lowest BCUT2D eigenvalue weighted by Crippen LogP contribution is -2.40. The monoisotopic (exact) mass is 128 g/mol. The van der Waals surface area contributed by atoms with Crippen LogP contribution in [0.3, 0.4) is 0 Å². The summed E-state index contributed by atoms with van der Waals surface area (Å²) in [7, 11) is 0. The molecule has 9 heavy (non-hydrogen) atoms. The molecule has 0 aromatic rings. The summed E-state index contributed by atoms with van der Waals surface area (Å²) >= 11 is 0. The maximum atomic E-state index is 8.36. The molecule has 0 bridgehead atoms. The van der Waals surface area contributed by atoms with E-state index in [9.17, 15) is 0 Å². The van der Waals surface area contributed by atoms with Crippen LogP contribution in [0.4, 0.5) is 0 Å². The third-order valence-electron chi connectivity index (χ3n) is 0.964. The molecular formula is C5H8N2O2. The van der Waals surface area contributed by atoms with Crippen molar-refractivity contribution < 1.29 is 9.90 Å². The van der Waals surface area contributed by atoms with Gasteiger partial charge in [-0.2, -0.15) is 5.26 Å². The summed E-state index contributed by atoms with van der Waals surface area (Å²) in [4.78, 5) is 8.36. The zero-order valence-corrected chi connectivity index (χ0v) is 4.87. The minimum atomic E-state index is -0.250. The van der Waals surface area contributed by atoms with Gasteiger partial charge in [0.05, 0.1) is 12.0 Å². The van der Waals surface area contributed by atoms with Gasteiger partial charge in [-0.05, 0) is 0 Å². The van der Waals surface area contributed by atoms with Crippen molar-refractivity contribution in [1.82, 2.24) is 5.32 Å². The van der Waals surface area contributed by atoms with Gasteiger partial charge in [0.25, 0.3) is 6.47 Å². The van der Waals surface area contributed by atoms with Gasteiger partial charge < -0.3 is 10.4 Å². The molecule has 0 spiro atoms. The molecule has 4 heteroatoms. The van der Waals surface area contributed by atoms with Crippen LogP contribution in [0, 0.1) is 17.2 Å². The second-order valence-corrected chi connectivity index (χ2v) is 1.59. The van der Waals surface area contributed by atoms with E-state index in [1.807, 2.05) is 0 Å². The van der Waals surface area contributed by atoms with E-state index in [1.54, 1.807) is 0 Å². The first kappa shape index (κ1) is 7.92. The maximum Gasteiger partial charge on any atom is 0.290 e. The van der Waals surface area contributed by atoms with E-state index < -0.39 is 0 Å². The van der Waals surface area contributed by atoms with Crippen molar-refractivity contribution in [2.24, 2.45) is 5.92 Å². The van der Waals surface area contributed by atoms with Gasteiger partial charge in [-0.15, -0.1) is 0 Å². The van der Waals surface area contributed by atoms with Crippen molar-refractivity contribution in [2.45, 2.75) is 0 Å². The molecule has 0 aromatic carbocycles. The predicted octanol–water partition coefficient (Wildman–Crippen LogP) is -0.570. The molecule has 1 saturated heterocycles. The van der Waals surface area contributed by atoms with E-state index in [0.29, 0.717) is 5.92 Å². The van der Waals surface area contributed by atoms with Gasteiger partial charge in [-0.3, -0.25) is 4.79 Å². The Morgan fingerprint density at radius 3 is 2.22 bits per heavy atom. The third kappa shape index (κ3) is 3.50. The number of hydrogen-bond donors (Lipinski definition) is 2. The molecule has 0 amide bonds. The van der Waals surface area contributed by atoms with E-state index in [0.717, 1.165) is 13.1 Å². The van der Waals surface area contributed by atoms with Gasteiger partial charge in [0, 0.05) is 13.1 Å². The number of carboxylic acid groups (broad SMARTS) is 1. The number of nitrogens with zero attached hydrogens (tertiary/aromatic N) is 1. The minimum Gasteiger partial charge on any atom is -0.483 e. The number of rotatable bonds is 0. The molecule has 4 nitrogen and oxygen atoms in total. The summed E-state index contributed by atoms with van der Waals surface area (Å²) in [6.07, 6.45) is 0. The Balaban J connectivity index is 0.000000187. The lowest BCUT2D eigenvalue weighted by atomic mass is 10.1. The fourth-order valence-corrected chi connectivity index (χ4v) is 0.380. The number of hydrogen-bond acceptors (Lipinski definition) is 3. The van der Waals surface area contributed by atoms with E-state index in [4.69, 9.17) is 15.2 Å². The van der Waals surface area contributed by atoms with Crippen molar-refractivity contribution in [1.29, 1.82) is 5.26 Å². The first-order chi connectivity index (χ1) is 4.35. The maximum absolute atomic E-state index is 8.36. The first-order valence-electron chi connectivity index (χ1n) is 2.53. The molecule has 0 radical (unpaired) electrons. The quantitative estimate of drug-likeness (QED) is 0.428. The van der Waals surface area contributed by atoms with E-state index >= 15 is 0 Å². The fraction of sp³-hybridized carbons (Fsp3) is 0.600. The zero-order valence-electron chi connectivity index (χ0n) is 4.87. The van der Waals surface area contributed by atoms with E-state index in [-0.39, 0.29) is 6.47 Å². The average molecular weight is 128 g/mol. The topological polar surface area (TPSA) is 73.1 Å². The van der Waals surface area contributed by atoms with Crippen molar-refractivity contribution in [3.05, 3.63) is 0 Å². The molecule has 1 rings (SSSR count). The Kier molecular flexibility index (Phi) is 4.46. The Hall–Kier alpha value is -1.08. The van der Waals surface area contributed by atoms with Gasteiger partial charge in [-0.25, -0.2) is 0 Å². The van der Waals surface area contributed by atoms with Crippen molar-refractivity contribution in [3.63, 3.8) is 0 Å². The van der Waals surface area contributed by atoms with Crippen molar-refractivity contribution >= 4 is 6.47 Å². The molecule has 1 aliphatic heterocycles. The predicted molar refractivity (Wildman–Crippen MR) is 30.7 cm³/mol. The molecule has 0 atom stereocenters. The first-order valence-corrected chi connectivity index (χ1v) is 2.53. The fourth-order valence-electron chi connectivity index (χ4n) is 0.380. The standard InChI is InChI=1S/C4H6N2.CH2O2/c5-1-4-2-6-3-4;2-1-3/h4,6H,2-3H2;1H,(H,2,3). The van der Waals surface area contributed by atoms with E-state index in [1.165, 1.54) is 0 Å². The molecule has 0 aromatic heterocycles. The van der Waals surface area contributed by atoms with E-state index in [2.05, 4.69) is 11.4 Å². The number of nitriles is 1. The van der Waals surface area contributed by atoms with Gasteiger partial charge >= 0.3 is 0 Å². The molecule has 0 aliphatic carbocycles. The van der Waals surface area contributed by atoms with Crippen LogP contribution in [-0.2, 0) is 4.79 Å². The zero-order chi connectivity index (χ0) is 7.11. The van der Waals surface area contributed by atoms with Crippen LogP contribution in [0.1, 0.15) is 0 Å². The van der Waals surface area contributed by atoms with Crippen LogP contribution in [0.5, 0.6) is 0 Å². The average Bonchev–Trinajstić information content (AvgIpc) is 1.64. The molecule has 1 aliphatic rings. The summed E-state index contributed by atoms with van der Waals surface area (Å²) in [6, 6.07) is 2.14. The molecule has 1 heterocycles. The van der Waals surface area contributed by atoms with Crippen LogP contribution in [0.25, 0.3) is 0 Å². The summed E-state index contributed by atoms with van der Waals surface area (Å²) < 4.78 is 0. The Bertz CT molecular complexity index is 115. The van der Waals surface area contributed by atoms with Gasteiger partial charge in [0.2, 0.25) is 0 Å². The normalized spacial score (nSPS) is 15.9. The molecule has 50 valence electrons. The highest BCUT2D eigenvalue weighted by Gasteiger charge is 2.13. The largest absolute Gasteiger partial charge is 0.483 e. The molecule has 1 fully saturated rings. The highest BCUT2D eigenvalue weighted by molar-refractivity contribution is 5.32.